The molecule has 0 N–H and O–H groups in total. The highest BCUT2D eigenvalue weighted by molar-refractivity contribution is 7.98. The van der Waals surface area contributed by atoms with Crippen molar-refractivity contribution < 1.29 is 14.3 Å². The number of likely N-dealkylation sites (N-methyl/N-ethyl adjacent to an activating group) is 1. The fourth-order valence-corrected chi connectivity index (χ4v) is 3.10. The van der Waals surface area contributed by atoms with Crippen molar-refractivity contribution in [3.63, 3.8) is 0 Å². The van der Waals surface area contributed by atoms with Gasteiger partial charge in [0.2, 0.25) is 0 Å². The fraction of sp³-hybridized carbons (Fsp3) is 0.350. The van der Waals surface area contributed by atoms with Crippen molar-refractivity contribution in [2.75, 3.05) is 45.9 Å². The number of hydrogen-bond donors (Lipinski definition) is 0. The predicted molar refractivity (Wildman–Crippen MR) is 108 cm³/mol. The van der Waals surface area contributed by atoms with Crippen molar-refractivity contribution in [2.45, 2.75) is 0 Å². The minimum atomic E-state index is -0.290. The van der Waals surface area contributed by atoms with E-state index in [-0.39, 0.29) is 5.97 Å². The Labute approximate surface area is 157 Å². The molecule has 0 aliphatic heterocycles. The molecule has 0 aliphatic carbocycles. The molecule has 0 saturated heterocycles. The molecule has 138 valence electrons. The number of carbonyl (C=O) groups excluding carboxylic acids is 1. The normalized spacial score (nSPS) is 11.4. The average Bonchev–Trinajstić information content (AvgIpc) is 2.95. The van der Waals surface area contributed by atoms with Gasteiger partial charge in [0.05, 0.1) is 29.4 Å². The van der Waals surface area contributed by atoms with Gasteiger partial charge in [0.1, 0.15) is 12.4 Å². The maximum atomic E-state index is 12.7. The number of pyridine rings is 1. The number of benzene rings is 1. The molecule has 6 heteroatoms. The van der Waals surface area contributed by atoms with Crippen LogP contribution in [0.5, 0.6) is 5.75 Å². The van der Waals surface area contributed by atoms with Crippen LogP contribution in [0.1, 0.15) is 10.4 Å². The first-order valence-corrected chi connectivity index (χ1v) is 9.97. The Morgan fingerprint density at radius 3 is 2.69 bits per heavy atom. The zero-order valence-electron chi connectivity index (χ0n) is 15.4. The van der Waals surface area contributed by atoms with Gasteiger partial charge in [-0.3, -0.25) is 0 Å². The van der Waals surface area contributed by atoms with E-state index in [0.717, 1.165) is 27.9 Å². The lowest BCUT2D eigenvalue weighted by Gasteiger charge is -2.10. The van der Waals surface area contributed by atoms with Gasteiger partial charge in [-0.05, 0) is 38.6 Å². The molecule has 0 spiro atoms. The van der Waals surface area contributed by atoms with Gasteiger partial charge in [-0.2, -0.15) is 11.8 Å². The minimum Gasteiger partial charge on any atom is -0.491 e. The fourth-order valence-electron chi connectivity index (χ4n) is 2.85. The summed E-state index contributed by atoms with van der Waals surface area (Å²) >= 11 is 1.75. The first-order chi connectivity index (χ1) is 12.6. The molecule has 1 aromatic carbocycles. The maximum Gasteiger partial charge on any atom is 0.341 e. The third kappa shape index (κ3) is 3.97. The average molecular weight is 372 g/mol. The van der Waals surface area contributed by atoms with E-state index >= 15 is 0 Å². The molecule has 0 fully saturated rings. The number of carbonyl (C=O) groups is 1. The molecular weight excluding hydrogens is 348 g/mol. The summed E-state index contributed by atoms with van der Waals surface area (Å²) < 4.78 is 13.3. The second-order valence-electron chi connectivity index (χ2n) is 6.29. The highest BCUT2D eigenvalue weighted by Gasteiger charge is 2.19. The Balaban J connectivity index is 1.97. The number of fused-ring (bicyclic) bond motifs is 3. The molecule has 26 heavy (non-hydrogen) atoms. The number of nitrogens with zero attached hydrogens (tertiary/aromatic N) is 2. The third-order valence-electron chi connectivity index (χ3n) is 4.14. The first kappa shape index (κ1) is 18.6. The molecule has 0 aliphatic rings. The Hall–Kier alpha value is -2.18. The molecular formula is C20H24N2O3S. The quantitative estimate of drug-likeness (QED) is 0.447. The molecule has 0 amide bonds. The van der Waals surface area contributed by atoms with Crippen molar-refractivity contribution >= 4 is 34.2 Å². The predicted octanol–water partition coefficient (Wildman–Crippen LogP) is 3.55. The standard InChI is InChI=1S/C20H24N2O3S/c1-21(2)10-11-25-20(23)19-16-6-4-5-7-17(16)22-14-15(8-9-18(19)22)24-12-13-26-3/h4-9,14H,10-13H2,1-3H3. The Morgan fingerprint density at radius 2 is 1.92 bits per heavy atom. The van der Waals surface area contributed by atoms with Crippen LogP contribution in [0.4, 0.5) is 0 Å². The molecule has 0 radical (unpaired) electrons. The highest BCUT2D eigenvalue weighted by Crippen LogP contribution is 2.29. The molecule has 2 heterocycles. The van der Waals surface area contributed by atoms with E-state index in [4.69, 9.17) is 9.47 Å². The molecule has 5 nitrogen and oxygen atoms in total. The number of thioether (sulfide) groups is 1. The summed E-state index contributed by atoms with van der Waals surface area (Å²) in [5.41, 5.74) is 2.41. The van der Waals surface area contributed by atoms with E-state index in [1.807, 2.05) is 66.0 Å². The third-order valence-corrected chi connectivity index (χ3v) is 4.72. The highest BCUT2D eigenvalue weighted by atomic mass is 32.2. The largest absolute Gasteiger partial charge is 0.491 e. The van der Waals surface area contributed by atoms with Crippen LogP contribution in [0.3, 0.4) is 0 Å². The zero-order chi connectivity index (χ0) is 18.5. The minimum absolute atomic E-state index is 0.290. The van der Waals surface area contributed by atoms with Crippen molar-refractivity contribution in [3.8, 4) is 5.75 Å². The second kappa shape index (κ2) is 8.47. The summed E-state index contributed by atoms with van der Waals surface area (Å²) in [5, 5.41) is 0.892. The van der Waals surface area contributed by atoms with Gasteiger partial charge in [0.25, 0.3) is 0 Å². The van der Waals surface area contributed by atoms with Crippen molar-refractivity contribution in [1.29, 1.82) is 0 Å². The Kier molecular flexibility index (Phi) is 6.06. The number of aromatic nitrogens is 1. The zero-order valence-corrected chi connectivity index (χ0v) is 16.2. The van der Waals surface area contributed by atoms with Crippen LogP contribution in [-0.2, 0) is 4.74 Å². The van der Waals surface area contributed by atoms with Gasteiger partial charge in [0, 0.05) is 17.7 Å². The summed E-state index contributed by atoms with van der Waals surface area (Å²) in [6.45, 7) is 1.72. The van der Waals surface area contributed by atoms with Crippen molar-refractivity contribution in [3.05, 3.63) is 48.2 Å². The second-order valence-corrected chi connectivity index (χ2v) is 7.28. The topological polar surface area (TPSA) is 43.2 Å². The molecule has 0 bridgehead atoms. The van der Waals surface area contributed by atoms with Gasteiger partial charge in [0.15, 0.2) is 0 Å². The van der Waals surface area contributed by atoms with E-state index in [0.29, 0.717) is 25.3 Å². The number of ether oxygens (including phenoxy) is 2. The molecule has 2 aromatic heterocycles. The van der Waals surface area contributed by atoms with E-state index in [1.165, 1.54) is 0 Å². The van der Waals surface area contributed by atoms with Crippen LogP contribution in [0, 0.1) is 0 Å². The number of rotatable bonds is 8. The summed E-state index contributed by atoms with van der Waals surface area (Å²) in [6, 6.07) is 11.7. The van der Waals surface area contributed by atoms with E-state index in [1.54, 1.807) is 11.8 Å². The Bertz CT molecular complexity index is 905. The monoisotopic (exact) mass is 372 g/mol. The van der Waals surface area contributed by atoms with Crippen LogP contribution in [-0.4, -0.2) is 61.1 Å². The Morgan fingerprint density at radius 1 is 1.12 bits per heavy atom. The van der Waals surface area contributed by atoms with Gasteiger partial charge < -0.3 is 18.8 Å². The van der Waals surface area contributed by atoms with E-state index in [9.17, 15) is 4.79 Å². The van der Waals surface area contributed by atoms with Gasteiger partial charge in [-0.15, -0.1) is 0 Å². The number of hydrogen-bond acceptors (Lipinski definition) is 5. The lowest BCUT2D eigenvalue weighted by Crippen LogP contribution is -2.20. The van der Waals surface area contributed by atoms with E-state index < -0.39 is 0 Å². The molecule has 0 atom stereocenters. The number of para-hydroxylation sites is 1. The van der Waals surface area contributed by atoms with Crippen LogP contribution < -0.4 is 4.74 Å². The van der Waals surface area contributed by atoms with Crippen LogP contribution >= 0.6 is 11.8 Å². The molecule has 3 rings (SSSR count). The first-order valence-electron chi connectivity index (χ1n) is 8.58. The molecule has 0 unspecified atom stereocenters. The maximum absolute atomic E-state index is 12.7. The lowest BCUT2D eigenvalue weighted by molar-refractivity contribution is 0.0486. The summed E-state index contributed by atoms with van der Waals surface area (Å²) in [6.07, 6.45) is 3.99. The van der Waals surface area contributed by atoms with Crippen LogP contribution in [0.2, 0.25) is 0 Å². The summed E-state index contributed by atoms with van der Waals surface area (Å²) in [4.78, 5) is 14.7. The van der Waals surface area contributed by atoms with Gasteiger partial charge in [-0.1, -0.05) is 18.2 Å². The van der Waals surface area contributed by atoms with Crippen molar-refractivity contribution in [1.82, 2.24) is 9.30 Å². The lowest BCUT2D eigenvalue weighted by atomic mass is 10.1. The molecule has 3 aromatic rings. The SMILES string of the molecule is CSCCOc1ccc2c(C(=O)OCCN(C)C)c3ccccc3n2c1. The van der Waals surface area contributed by atoms with E-state index in [2.05, 4.69) is 6.26 Å². The van der Waals surface area contributed by atoms with Gasteiger partial charge in [-0.25, -0.2) is 4.79 Å². The van der Waals surface area contributed by atoms with Crippen LogP contribution in [0.25, 0.3) is 16.4 Å². The van der Waals surface area contributed by atoms with Crippen LogP contribution in [0.15, 0.2) is 42.6 Å². The number of esters is 1. The van der Waals surface area contributed by atoms with Crippen molar-refractivity contribution in [2.24, 2.45) is 0 Å². The smallest absolute Gasteiger partial charge is 0.341 e. The summed E-state index contributed by atoms with van der Waals surface area (Å²) in [7, 11) is 3.91. The van der Waals surface area contributed by atoms with Gasteiger partial charge >= 0.3 is 5.97 Å². The molecule has 0 saturated carbocycles. The summed E-state index contributed by atoms with van der Waals surface area (Å²) in [5.74, 6) is 1.44.